The molecule has 0 radical (unpaired) electrons. The van der Waals surface area contributed by atoms with Gasteiger partial charge in [0, 0.05) is 19.1 Å². The lowest BCUT2D eigenvalue weighted by Gasteiger charge is -2.06. The standard InChI is InChI=1S/C9H11ClN4/c10-7-1-2-8(14-13-7)12-9-5-3-11-4-6(5)9/h1-2,5-6,9,11H,3-4H2,(H,12,14). The molecule has 5 heteroatoms. The van der Waals surface area contributed by atoms with Gasteiger partial charge in [-0.15, -0.1) is 10.2 Å². The molecule has 74 valence electrons. The number of halogens is 1. The Morgan fingerprint density at radius 3 is 2.71 bits per heavy atom. The van der Waals surface area contributed by atoms with Gasteiger partial charge in [0.2, 0.25) is 0 Å². The molecular weight excluding hydrogens is 200 g/mol. The second-order valence-corrected chi connectivity index (χ2v) is 4.28. The van der Waals surface area contributed by atoms with Gasteiger partial charge in [-0.1, -0.05) is 11.6 Å². The van der Waals surface area contributed by atoms with E-state index in [-0.39, 0.29) is 0 Å². The zero-order valence-electron chi connectivity index (χ0n) is 7.57. The maximum absolute atomic E-state index is 5.65. The van der Waals surface area contributed by atoms with Crippen molar-refractivity contribution in [3.8, 4) is 0 Å². The summed E-state index contributed by atoms with van der Waals surface area (Å²) in [5, 5.41) is 14.9. The normalized spacial score (nSPS) is 33.9. The van der Waals surface area contributed by atoms with E-state index in [4.69, 9.17) is 11.6 Å². The number of fused-ring (bicyclic) bond motifs is 1. The third kappa shape index (κ3) is 1.35. The molecule has 2 N–H and O–H groups in total. The molecule has 0 aromatic carbocycles. The van der Waals surface area contributed by atoms with E-state index in [0.29, 0.717) is 11.2 Å². The molecule has 1 aromatic rings. The number of nitrogens with one attached hydrogen (secondary N) is 2. The van der Waals surface area contributed by atoms with Gasteiger partial charge in [-0.05, 0) is 24.0 Å². The Bertz CT molecular complexity index is 329. The molecule has 3 rings (SSSR count). The van der Waals surface area contributed by atoms with Gasteiger partial charge in [-0.25, -0.2) is 0 Å². The number of aromatic nitrogens is 2. The van der Waals surface area contributed by atoms with Crippen LogP contribution in [0.5, 0.6) is 0 Å². The van der Waals surface area contributed by atoms with Crippen LogP contribution in [0.4, 0.5) is 5.82 Å². The van der Waals surface area contributed by atoms with Crippen LogP contribution >= 0.6 is 11.6 Å². The van der Waals surface area contributed by atoms with Crippen LogP contribution in [0.2, 0.25) is 5.15 Å². The van der Waals surface area contributed by atoms with Crippen LogP contribution in [0.3, 0.4) is 0 Å². The summed E-state index contributed by atoms with van der Waals surface area (Å²) in [5.41, 5.74) is 0. The highest BCUT2D eigenvalue weighted by Crippen LogP contribution is 2.43. The fraction of sp³-hybridized carbons (Fsp3) is 0.556. The van der Waals surface area contributed by atoms with E-state index < -0.39 is 0 Å². The largest absolute Gasteiger partial charge is 0.365 e. The molecule has 14 heavy (non-hydrogen) atoms. The van der Waals surface area contributed by atoms with Gasteiger partial charge in [-0.2, -0.15) is 0 Å². The van der Waals surface area contributed by atoms with E-state index in [1.807, 2.05) is 6.07 Å². The Morgan fingerprint density at radius 2 is 2.07 bits per heavy atom. The van der Waals surface area contributed by atoms with Crippen LogP contribution in [-0.2, 0) is 0 Å². The summed E-state index contributed by atoms with van der Waals surface area (Å²) in [6.45, 7) is 2.26. The van der Waals surface area contributed by atoms with Crippen molar-refractivity contribution in [2.45, 2.75) is 6.04 Å². The first-order valence-electron chi connectivity index (χ1n) is 4.81. The first-order valence-corrected chi connectivity index (χ1v) is 5.19. The van der Waals surface area contributed by atoms with E-state index in [9.17, 15) is 0 Å². The van der Waals surface area contributed by atoms with Gasteiger partial charge in [0.25, 0.3) is 0 Å². The predicted octanol–water partition coefficient (Wildman–Crippen LogP) is 0.760. The molecule has 1 saturated carbocycles. The molecular formula is C9H11ClN4. The first kappa shape index (κ1) is 8.44. The number of piperidine rings is 1. The Labute approximate surface area is 87.1 Å². The summed E-state index contributed by atoms with van der Waals surface area (Å²) >= 11 is 5.65. The Kier molecular flexibility index (Phi) is 1.85. The van der Waals surface area contributed by atoms with Crippen LogP contribution < -0.4 is 10.6 Å². The van der Waals surface area contributed by atoms with Crippen LogP contribution in [0.25, 0.3) is 0 Å². The Balaban J connectivity index is 1.65. The summed E-state index contributed by atoms with van der Waals surface area (Å²) in [4.78, 5) is 0. The van der Waals surface area contributed by atoms with Gasteiger partial charge < -0.3 is 10.6 Å². The summed E-state index contributed by atoms with van der Waals surface area (Å²) in [7, 11) is 0. The molecule has 2 heterocycles. The fourth-order valence-corrected chi connectivity index (χ4v) is 2.30. The van der Waals surface area contributed by atoms with Gasteiger partial charge >= 0.3 is 0 Å². The van der Waals surface area contributed by atoms with Crippen molar-refractivity contribution in [1.82, 2.24) is 15.5 Å². The van der Waals surface area contributed by atoms with Gasteiger partial charge in [0.15, 0.2) is 5.15 Å². The van der Waals surface area contributed by atoms with Crippen LogP contribution in [0.1, 0.15) is 0 Å². The van der Waals surface area contributed by atoms with Crippen molar-refractivity contribution < 1.29 is 0 Å². The van der Waals surface area contributed by atoms with Crippen LogP contribution in [0, 0.1) is 11.8 Å². The molecule has 1 saturated heterocycles. The molecule has 0 spiro atoms. The highest BCUT2D eigenvalue weighted by molar-refractivity contribution is 6.29. The lowest BCUT2D eigenvalue weighted by molar-refractivity contribution is 0.694. The van der Waals surface area contributed by atoms with Crippen LogP contribution in [0.15, 0.2) is 12.1 Å². The van der Waals surface area contributed by atoms with E-state index in [2.05, 4.69) is 20.8 Å². The molecule has 1 aliphatic carbocycles. The fourth-order valence-electron chi connectivity index (χ4n) is 2.20. The number of rotatable bonds is 2. The smallest absolute Gasteiger partial charge is 0.151 e. The van der Waals surface area contributed by atoms with Crippen LogP contribution in [-0.4, -0.2) is 29.3 Å². The van der Waals surface area contributed by atoms with E-state index in [1.165, 1.54) is 0 Å². The average Bonchev–Trinajstić information content (AvgIpc) is 2.63. The number of anilines is 1. The summed E-state index contributed by atoms with van der Waals surface area (Å²) in [6, 6.07) is 4.22. The van der Waals surface area contributed by atoms with Crippen molar-refractivity contribution in [3.63, 3.8) is 0 Å². The topological polar surface area (TPSA) is 49.8 Å². The summed E-state index contributed by atoms with van der Waals surface area (Å²) in [6.07, 6.45) is 0. The SMILES string of the molecule is Clc1ccc(NC2C3CNCC32)nn1. The minimum absolute atomic E-state index is 0.438. The van der Waals surface area contributed by atoms with Gasteiger partial charge in [-0.3, -0.25) is 0 Å². The van der Waals surface area contributed by atoms with Crippen molar-refractivity contribution in [2.24, 2.45) is 11.8 Å². The highest BCUT2D eigenvalue weighted by Gasteiger charge is 2.53. The van der Waals surface area contributed by atoms with E-state index in [1.54, 1.807) is 6.07 Å². The highest BCUT2D eigenvalue weighted by atomic mass is 35.5. The van der Waals surface area contributed by atoms with Gasteiger partial charge in [0.05, 0.1) is 0 Å². The quantitative estimate of drug-likeness (QED) is 0.757. The zero-order valence-corrected chi connectivity index (χ0v) is 8.33. The second-order valence-electron chi connectivity index (χ2n) is 3.90. The average molecular weight is 211 g/mol. The minimum atomic E-state index is 0.438. The molecule has 1 aromatic heterocycles. The zero-order chi connectivity index (χ0) is 9.54. The lowest BCUT2D eigenvalue weighted by Crippen LogP contribution is -2.21. The first-order chi connectivity index (χ1) is 6.84. The second kappa shape index (κ2) is 3.07. The van der Waals surface area contributed by atoms with Crippen molar-refractivity contribution in [2.75, 3.05) is 18.4 Å². The lowest BCUT2D eigenvalue weighted by atomic mass is 10.4. The van der Waals surface area contributed by atoms with Gasteiger partial charge in [0.1, 0.15) is 5.82 Å². The molecule has 2 aliphatic rings. The van der Waals surface area contributed by atoms with Crippen molar-refractivity contribution in [3.05, 3.63) is 17.3 Å². The van der Waals surface area contributed by atoms with Crippen molar-refractivity contribution >= 4 is 17.4 Å². The molecule has 2 unspecified atom stereocenters. The third-order valence-electron chi connectivity index (χ3n) is 3.04. The monoisotopic (exact) mass is 210 g/mol. The molecule has 0 amide bonds. The number of hydrogen-bond acceptors (Lipinski definition) is 4. The molecule has 0 bridgehead atoms. The number of nitrogens with zero attached hydrogens (tertiary/aromatic N) is 2. The van der Waals surface area contributed by atoms with Crippen molar-refractivity contribution in [1.29, 1.82) is 0 Å². The Hall–Kier alpha value is -0.870. The molecule has 4 nitrogen and oxygen atoms in total. The summed E-state index contributed by atoms with van der Waals surface area (Å²) < 4.78 is 0. The minimum Gasteiger partial charge on any atom is -0.365 e. The predicted molar refractivity (Wildman–Crippen MR) is 54.3 cm³/mol. The number of hydrogen-bond donors (Lipinski definition) is 2. The summed E-state index contributed by atoms with van der Waals surface area (Å²) in [5.74, 6) is 2.40. The Morgan fingerprint density at radius 1 is 1.29 bits per heavy atom. The van der Waals surface area contributed by atoms with E-state index in [0.717, 1.165) is 30.7 Å². The third-order valence-corrected chi connectivity index (χ3v) is 3.24. The molecule has 2 fully saturated rings. The maximum Gasteiger partial charge on any atom is 0.151 e. The molecule has 2 atom stereocenters. The maximum atomic E-state index is 5.65. The van der Waals surface area contributed by atoms with E-state index >= 15 is 0 Å². The molecule has 1 aliphatic heterocycles.